The summed E-state index contributed by atoms with van der Waals surface area (Å²) in [6.07, 6.45) is 2.06. The first-order chi connectivity index (χ1) is 14.5. The lowest BCUT2D eigenvalue weighted by Crippen LogP contribution is -2.35. The van der Waals surface area contributed by atoms with Gasteiger partial charge in [-0.05, 0) is 49.9 Å². The van der Waals surface area contributed by atoms with Crippen molar-refractivity contribution >= 4 is 40.1 Å². The van der Waals surface area contributed by atoms with Gasteiger partial charge in [0, 0.05) is 12.5 Å². The van der Waals surface area contributed by atoms with Crippen LogP contribution in [0.15, 0.2) is 47.5 Å². The van der Waals surface area contributed by atoms with Crippen LogP contribution in [0.5, 0.6) is 5.75 Å². The number of aryl methyl sites for hydroxylation is 2. The Labute approximate surface area is 180 Å². The van der Waals surface area contributed by atoms with E-state index < -0.39 is 5.25 Å². The lowest BCUT2D eigenvalue weighted by Gasteiger charge is -2.16. The molecule has 0 unspecified atom stereocenters. The van der Waals surface area contributed by atoms with Crippen molar-refractivity contribution in [2.24, 2.45) is 4.99 Å². The van der Waals surface area contributed by atoms with Gasteiger partial charge in [-0.25, -0.2) is 4.99 Å². The van der Waals surface area contributed by atoms with Crippen molar-refractivity contribution in [3.8, 4) is 5.75 Å². The molecular formula is C23H25N3O3S. The molecule has 0 bridgehead atoms. The predicted molar refractivity (Wildman–Crippen MR) is 120 cm³/mol. The van der Waals surface area contributed by atoms with Gasteiger partial charge in [0.05, 0.1) is 18.5 Å². The lowest BCUT2D eigenvalue weighted by molar-refractivity contribution is -0.128. The Morgan fingerprint density at radius 1 is 1.17 bits per heavy atom. The van der Waals surface area contributed by atoms with Crippen LogP contribution in [-0.2, 0) is 9.59 Å². The molecular weight excluding hydrogens is 398 g/mol. The minimum absolute atomic E-state index is 0.0253. The van der Waals surface area contributed by atoms with Gasteiger partial charge in [-0.15, -0.1) is 0 Å². The number of anilines is 1. The Hall–Kier alpha value is -2.80. The summed E-state index contributed by atoms with van der Waals surface area (Å²) in [5, 5.41) is 3.10. The van der Waals surface area contributed by atoms with Crippen molar-refractivity contribution < 1.29 is 14.3 Å². The van der Waals surface area contributed by atoms with E-state index in [1.165, 1.54) is 11.8 Å². The van der Waals surface area contributed by atoms with E-state index in [1.54, 1.807) is 24.1 Å². The van der Waals surface area contributed by atoms with Crippen molar-refractivity contribution in [1.29, 1.82) is 0 Å². The topological polar surface area (TPSA) is 71.0 Å². The maximum Gasteiger partial charge on any atom is 0.242 e. The minimum atomic E-state index is -0.469. The standard InChI is InChI=1S/C23H25N3O3S/c1-14-7-6-8-15(2)21(14)25-23-26(16-11-12-16)22(28)19(30-23)13-20(27)24-17-9-4-5-10-18(17)29-3/h4-10,16,19H,11-13H2,1-3H3,(H,24,27)/t19-/m0/s1. The van der Waals surface area contributed by atoms with Crippen LogP contribution in [0.2, 0.25) is 0 Å². The molecule has 0 aromatic heterocycles. The molecule has 7 heteroatoms. The first kappa shape index (κ1) is 20.5. The Morgan fingerprint density at radius 3 is 2.53 bits per heavy atom. The normalized spacial score (nSPS) is 20.0. The summed E-state index contributed by atoms with van der Waals surface area (Å²) in [7, 11) is 1.56. The molecule has 0 radical (unpaired) electrons. The van der Waals surface area contributed by atoms with Crippen LogP contribution in [0.1, 0.15) is 30.4 Å². The van der Waals surface area contributed by atoms with Crippen LogP contribution in [0.3, 0.4) is 0 Å². The van der Waals surface area contributed by atoms with Crippen molar-refractivity contribution in [2.75, 3.05) is 12.4 Å². The quantitative estimate of drug-likeness (QED) is 0.746. The van der Waals surface area contributed by atoms with Gasteiger partial charge < -0.3 is 10.1 Å². The van der Waals surface area contributed by atoms with Crippen LogP contribution in [-0.4, -0.2) is 40.3 Å². The molecule has 1 aliphatic carbocycles. The van der Waals surface area contributed by atoms with Gasteiger partial charge in [0.2, 0.25) is 11.8 Å². The average Bonchev–Trinajstić information content (AvgIpc) is 3.51. The smallest absolute Gasteiger partial charge is 0.242 e. The van der Waals surface area contributed by atoms with E-state index in [0.29, 0.717) is 16.6 Å². The van der Waals surface area contributed by atoms with Crippen molar-refractivity contribution in [2.45, 2.75) is 44.4 Å². The Morgan fingerprint density at radius 2 is 1.87 bits per heavy atom. The largest absolute Gasteiger partial charge is 0.495 e. The van der Waals surface area contributed by atoms with E-state index in [4.69, 9.17) is 9.73 Å². The molecule has 1 N–H and O–H groups in total. The van der Waals surface area contributed by atoms with Crippen molar-refractivity contribution in [3.63, 3.8) is 0 Å². The number of nitrogens with one attached hydrogen (secondary N) is 1. The number of benzene rings is 2. The fraction of sp³-hybridized carbons (Fsp3) is 0.348. The number of para-hydroxylation sites is 3. The number of rotatable bonds is 6. The first-order valence-corrected chi connectivity index (χ1v) is 10.9. The summed E-state index contributed by atoms with van der Waals surface area (Å²) in [4.78, 5) is 32.4. The maximum atomic E-state index is 13.1. The SMILES string of the molecule is COc1ccccc1NC(=O)C[C@@H]1SC(=Nc2c(C)cccc2C)N(C2CC2)C1=O. The summed E-state index contributed by atoms with van der Waals surface area (Å²) in [5.74, 6) is 0.352. The molecule has 156 valence electrons. The van der Waals surface area contributed by atoms with E-state index in [0.717, 1.165) is 29.7 Å². The van der Waals surface area contributed by atoms with Gasteiger partial charge in [0.1, 0.15) is 11.0 Å². The molecule has 4 rings (SSSR count). The third-order valence-electron chi connectivity index (χ3n) is 5.28. The molecule has 30 heavy (non-hydrogen) atoms. The fourth-order valence-corrected chi connectivity index (χ4v) is 4.76. The first-order valence-electron chi connectivity index (χ1n) is 10.1. The highest BCUT2D eigenvalue weighted by molar-refractivity contribution is 8.15. The minimum Gasteiger partial charge on any atom is -0.495 e. The fourth-order valence-electron chi connectivity index (χ4n) is 3.56. The van der Waals surface area contributed by atoms with E-state index in [1.807, 2.05) is 44.2 Å². The van der Waals surface area contributed by atoms with Crippen molar-refractivity contribution in [1.82, 2.24) is 4.90 Å². The number of carbonyl (C=O) groups is 2. The molecule has 2 aromatic rings. The zero-order valence-corrected chi connectivity index (χ0v) is 18.2. The van der Waals surface area contributed by atoms with Crippen molar-refractivity contribution in [3.05, 3.63) is 53.6 Å². The second-order valence-corrected chi connectivity index (χ2v) is 8.80. The number of methoxy groups -OCH3 is 1. The van der Waals surface area contributed by atoms with E-state index in [-0.39, 0.29) is 24.3 Å². The molecule has 6 nitrogen and oxygen atoms in total. The van der Waals surface area contributed by atoms with Crippen LogP contribution >= 0.6 is 11.8 Å². The van der Waals surface area contributed by atoms with Gasteiger partial charge in [-0.1, -0.05) is 42.1 Å². The number of amides is 2. The van der Waals surface area contributed by atoms with Gasteiger partial charge in [0.25, 0.3) is 0 Å². The molecule has 2 fully saturated rings. The van der Waals surface area contributed by atoms with Crippen LogP contribution in [0, 0.1) is 13.8 Å². The summed E-state index contributed by atoms with van der Waals surface area (Å²) in [6.45, 7) is 4.04. The van der Waals surface area contributed by atoms with Gasteiger partial charge in [-0.3, -0.25) is 14.5 Å². The zero-order chi connectivity index (χ0) is 21.3. The number of thioether (sulfide) groups is 1. The van der Waals surface area contributed by atoms with Crippen LogP contribution in [0.25, 0.3) is 0 Å². The molecule has 2 amide bonds. The zero-order valence-electron chi connectivity index (χ0n) is 17.3. The second-order valence-electron chi connectivity index (χ2n) is 7.63. The molecule has 0 spiro atoms. The molecule has 1 atom stereocenters. The predicted octanol–water partition coefficient (Wildman–Crippen LogP) is 4.43. The molecule has 1 heterocycles. The van der Waals surface area contributed by atoms with Crippen LogP contribution < -0.4 is 10.1 Å². The number of nitrogens with zero attached hydrogens (tertiary/aromatic N) is 2. The number of aliphatic imine (C=N–C) groups is 1. The monoisotopic (exact) mass is 423 g/mol. The summed E-state index contributed by atoms with van der Waals surface area (Å²) >= 11 is 1.39. The van der Waals surface area contributed by atoms with Gasteiger partial charge in [0.15, 0.2) is 5.17 Å². The number of carbonyl (C=O) groups excluding carboxylic acids is 2. The third kappa shape index (κ3) is 4.21. The van der Waals surface area contributed by atoms with E-state index in [2.05, 4.69) is 5.32 Å². The number of amidine groups is 1. The highest BCUT2D eigenvalue weighted by atomic mass is 32.2. The van der Waals surface area contributed by atoms with E-state index in [9.17, 15) is 9.59 Å². The molecule has 1 aliphatic heterocycles. The van der Waals surface area contributed by atoms with Crippen LogP contribution in [0.4, 0.5) is 11.4 Å². The summed E-state index contributed by atoms with van der Waals surface area (Å²) < 4.78 is 5.29. The van der Waals surface area contributed by atoms with Gasteiger partial charge >= 0.3 is 0 Å². The summed E-state index contributed by atoms with van der Waals surface area (Å²) in [6, 6.07) is 13.5. The number of hydrogen-bond donors (Lipinski definition) is 1. The molecule has 1 saturated carbocycles. The third-order valence-corrected chi connectivity index (χ3v) is 6.43. The second kappa shape index (κ2) is 8.52. The van der Waals surface area contributed by atoms with E-state index >= 15 is 0 Å². The highest BCUT2D eigenvalue weighted by Crippen LogP contribution is 2.40. The highest BCUT2D eigenvalue weighted by Gasteiger charge is 2.46. The summed E-state index contributed by atoms with van der Waals surface area (Å²) in [5.41, 5.74) is 3.65. The molecule has 2 aromatic carbocycles. The Bertz CT molecular complexity index is 996. The Kier molecular flexibility index (Phi) is 5.81. The molecule has 1 saturated heterocycles. The number of ether oxygens (including phenoxy) is 1. The average molecular weight is 424 g/mol. The maximum absolute atomic E-state index is 13.1. The number of hydrogen-bond acceptors (Lipinski definition) is 5. The lowest BCUT2D eigenvalue weighted by atomic mass is 10.1. The van der Waals surface area contributed by atoms with Gasteiger partial charge in [-0.2, -0.15) is 0 Å². The molecule has 2 aliphatic rings. The Balaban J connectivity index is 1.53.